The Kier molecular flexibility index (Phi) is 4.89. The molecule has 0 radical (unpaired) electrons. The number of aliphatic carboxylic acids is 1. The number of likely N-dealkylation sites (tertiary alicyclic amines) is 1. The predicted molar refractivity (Wildman–Crippen MR) is 59.4 cm³/mol. The Morgan fingerprint density at radius 1 is 1.53 bits per heavy atom. The molecule has 1 heterocycles. The van der Waals surface area contributed by atoms with Gasteiger partial charge in [-0.3, -0.25) is 4.79 Å². The van der Waals surface area contributed by atoms with Crippen LogP contribution in [0.5, 0.6) is 0 Å². The van der Waals surface area contributed by atoms with Crippen molar-refractivity contribution in [1.29, 1.82) is 0 Å². The van der Waals surface area contributed by atoms with E-state index in [0.29, 0.717) is 6.61 Å². The summed E-state index contributed by atoms with van der Waals surface area (Å²) in [4.78, 5) is 24.1. The van der Waals surface area contributed by atoms with Crippen LogP contribution in [0.1, 0.15) is 19.8 Å². The number of carboxylic acid groups (broad SMARTS) is 1. The number of methoxy groups -OCH3 is 1. The van der Waals surface area contributed by atoms with Crippen LogP contribution in [0.2, 0.25) is 0 Å². The third-order valence-corrected chi connectivity index (χ3v) is 2.86. The maximum Gasteiger partial charge on any atom is 0.326 e. The number of carbonyl (C=O) groups excluding carboxylic acids is 1. The zero-order valence-corrected chi connectivity index (χ0v) is 10.1. The van der Waals surface area contributed by atoms with Crippen LogP contribution in [-0.2, 0) is 14.3 Å². The fourth-order valence-electron chi connectivity index (χ4n) is 2.08. The summed E-state index contributed by atoms with van der Waals surface area (Å²) in [6, 6.07) is -0.896. The van der Waals surface area contributed by atoms with Gasteiger partial charge in [-0.25, -0.2) is 4.79 Å². The van der Waals surface area contributed by atoms with E-state index in [1.54, 1.807) is 7.11 Å². The molecule has 6 nitrogen and oxygen atoms in total. The molecule has 3 atom stereocenters. The molecular formula is C11H19NO5. The van der Waals surface area contributed by atoms with E-state index in [4.69, 9.17) is 9.84 Å². The summed E-state index contributed by atoms with van der Waals surface area (Å²) in [7, 11) is 1.56. The van der Waals surface area contributed by atoms with Crippen molar-refractivity contribution in [2.45, 2.75) is 31.9 Å². The molecule has 1 aliphatic rings. The minimum atomic E-state index is -1.06. The van der Waals surface area contributed by atoms with E-state index in [-0.39, 0.29) is 31.2 Å². The van der Waals surface area contributed by atoms with E-state index in [9.17, 15) is 14.7 Å². The molecule has 0 spiro atoms. The molecular weight excluding hydrogens is 226 g/mol. The van der Waals surface area contributed by atoms with Crippen molar-refractivity contribution in [2.75, 3.05) is 20.3 Å². The molecule has 1 fully saturated rings. The third kappa shape index (κ3) is 3.67. The van der Waals surface area contributed by atoms with Gasteiger partial charge in [-0.15, -0.1) is 0 Å². The number of hydrogen-bond acceptors (Lipinski definition) is 4. The number of amides is 1. The lowest BCUT2D eigenvalue weighted by Crippen LogP contribution is -2.41. The topological polar surface area (TPSA) is 87.1 Å². The predicted octanol–water partition coefficient (Wildman–Crippen LogP) is -0.295. The highest BCUT2D eigenvalue weighted by Gasteiger charge is 2.38. The summed E-state index contributed by atoms with van der Waals surface area (Å²) < 4.78 is 4.93. The smallest absolute Gasteiger partial charge is 0.326 e. The molecule has 1 rings (SSSR count). The van der Waals surface area contributed by atoms with E-state index >= 15 is 0 Å². The van der Waals surface area contributed by atoms with Gasteiger partial charge in [0.1, 0.15) is 6.04 Å². The molecule has 2 N–H and O–H groups in total. The first-order chi connectivity index (χ1) is 7.95. The van der Waals surface area contributed by atoms with Gasteiger partial charge in [0.25, 0.3) is 0 Å². The molecule has 1 amide bonds. The monoisotopic (exact) mass is 245 g/mol. The van der Waals surface area contributed by atoms with Crippen LogP contribution >= 0.6 is 0 Å². The molecule has 17 heavy (non-hydrogen) atoms. The Morgan fingerprint density at radius 2 is 2.18 bits per heavy atom. The van der Waals surface area contributed by atoms with Gasteiger partial charge in [0.15, 0.2) is 0 Å². The summed E-state index contributed by atoms with van der Waals surface area (Å²) in [6.07, 6.45) is -0.387. The molecule has 0 aromatic heterocycles. The van der Waals surface area contributed by atoms with Crippen molar-refractivity contribution < 1.29 is 24.5 Å². The number of carboxylic acids is 1. The average molecular weight is 245 g/mol. The number of carbonyl (C=O) groups is 2. The summed E-state index contributed by atoms with van der Waals surface area (Å²) >= 11 is 0. The standard InChI is InChI=1S/C11H19NO5/c1-7(6-17-2)3-10(14)12-5-8(13)4-9(12)11(15)16/h7-9,13H,3-6H2,1-2H3,(H,15,16)/t7?,8-,9+/m1/s1. The van der Waals surface area contributed by atoms with E-state index in [2.05, 4.69) is 0 Å². The second kappa shape index (κ2) is 5.97. The number of aliphatic hydroxyl groups excluding tert-OH is 1. The minimum Gasteiger partial charge on any atom is -0.480 e. The minimum absolute atomic E-state index is 0.0414. The average Bonchev–Trinajstić information content (AvgIpc) is 2.60. The van der Waals surface area contributed by atoms with Crippen LogP contribution in [0.3, 0.4) is 0 Å². The van der Waals surface area contributed by atoms with Crippen molar-refractivity contribution in [2.24, 2.45) is 5.92 Å². The zero-order valence-electron chi connectivity index (χ0n) is 10.1. The maximum atomic E-state index is 11.9. The van der Waals surface area contributed by atoms with E-state index < -0.39 is 18.1 Å². The number of rotatable bonds is 5. The number of β-amino-alcohol motifs (C(OH)–C–C–N with tert-alkyl or cyclic N) is 1. The van der Waals surface area contributed by atoms with Crippen molar-refractivity contribution in [3.63, 3.8) is 0 Å². The molecule has 1 unspecified atom stereocenters. The Morgan fingerprint density at radius 3 is 2.71 bits per heavy atom. The van der Waals surface area contributed by atoms with Crippen molar-refractivity contribution in [3.05, 3.63) is 0 Å². The molecule has 6 heteroatoms. The lowest BCUT2D eigenvalue weighted by Gasteiger charge is -2.22. The van der Waals surface area contributed by atoms with Crippen molar-refractivity contribution in [3.8, 4) is 0 Å². The van der Waals surface area contributed by atoms with Crippen molar-refractivity contribution in [1.82, 2.24) is 4.90 Å². The van der Waals surface area contributed by atoms with E-state index in [1.807, 2.05) is 6.92 Å². The Hall–Kier alpha value is -1.14. The van der Waals surface area contributed by atoms with Crippen LogP contribution in [0.15, 0.2) is 0 Å². The van der Waals surface area contributed by atoms with Crippen molar-refractivity contribution >= 4 is 11.9 Å². The molecule has 0 saturated carbocycles. The van der Waals surface area contributed by atoms with Crippen LogP contribution in [0.25, 0.3) is 0 Å². The number of nitrogens with zero attached hydrogens (tertiary/aromatic N) is 1. The van der Waals surface area contributed by atoms with Gasteiger partial charge in [0, 0.05) is 33.1 Å². The van der Waals surface area contributed by atoms with Crippen LogP contribution < -0.4 is 0 Å². The highest BCUT2D eigenvalue weighted by Crippen LogP contribution is 2.20. The lowest BCUT2D eigenvalue weighted by molar-refractivity contribution is -0.148. The Bertz CT molecular complexity index is 294. The summed E-state index contributed by atoms with van der Waals surface area (Å²) in [5.41, 5.74) is 0. The van der Waals surface area contributed by atoms with Gasteiger partial charge in [0.05, 0.1) is 6.10 Å². The fourth-order valence-corrected chi connectivity index (χ4v) is 2.08. The quantitative estimate of drug-likeness (QED) is 0.694. The van der Waals surface area contributed by atoms with Gasteiger partial charge >= 0.3 is 5.97 Å². The first-order valence-electron chi connectivity index (χ1n) is 5.65. The summed E-state index contributed by atoms with van der Waals surface area (Å²) in [5.74, 6) is -1.26. The second-order valence-electron chi connectivity index (χ2n) is 4.55. The van der Waals surface area contributed by atoms with Gasteiger partial charge in [0.2, 0.25) is 5.91 Å². The SMILES string of the molecule is COCC(C)CC(=O)N1C[C@H](O)C[C@H]1C(=O)O. The maximum absolute atomic E-state index is 11.9. The largest absolute Gasteiger partial charge is 0.480 e. The molecule has 0 aromatic rings. The van der Waals surface area contributed by atoms with E-state index in [0.717, 1.165) is 0 Å². The molecule has 98 valence electrons. The molecule has 0 bridgehead atoms. The lowest BCUT2D eigenvalue weighted by atomic mass is 10.1. The first kappa shape index (κ1) is 13.9. The molecule has 0 aliphatic carbocycles. The van der Waals surface area contributed by atoms with Crippen LogP contribution in [-0.4, -0.2) is 59.4 Å². The van der Waals surface area contributed by atoms with Crippen LogP contribution in [0, 0.1) is 5.92 Å². The first-order valence-corrected chi connectivity index (χ1v) is 5.65. The number of ether oxygens (including phenoxy) is 1. The molecule has 1 saturated heterocycles. The van der Waals surface area contributed by atoms with Gasteiger partial charge in [-0.2, -0.15) is 0 Å². The van der Waals surface area contributed by atoms with Gasteiger partial charge < -0.3 is 19.8 Å². The highest BCUT2D eigenvalue weighted by molar-refractivity contribution is 5.84. The fraction of sp³-hybridized carbons (Fsp3) is 0.818. The van der Waals surface area contributed by atoms with E-state index in [1.165, 1.54) is 4.90 Å². The number of aliphatic hydroxyl groups is 1. The molecule has 0 aromatic carbocycles. The number of hydrogen-bond donors (Lipinski definition) is 2. The summed E-state index contributed by atoms with van der Waals surface area (Å²) in [5, 5.41) is 18.4. The third-order valence-electron chi connectivity index (χ3n) is 2.86. The zero-order chi connectivity index (χ0) is 13.0. The highest BCUT2D eigenvalue weighted by atomic mass is 16.5. The normalized spacial score (nSPS) is 25.9. The van der Waals surface area contributed by atoms with Gasteiger partial charge in [-0.05, 0) is 5.92 Å². The van der Waals surface area contributed by atoms with Gasteiger partial charge in [-0.1, -0.05) is 6.92 Å². The Labute approximate surface area is 100 Å². The second-order valence-corrected chi connectivity index (χ2v) is 4.55. The Balaban J connectivity index is 2.58. The molecule has 1 aliphatic heterocycles. The van der Waals surface area contributed by atoms with Crippen LogP contribution in [0.4, 0.5) is 0 Å². The summed E-state index contributed by atoms with van der Waals surface area (Å²) in [6.45, 7) is 2.43.